The molecule has 19 heavy (non-hydrogen) atoms. The third-order valence-corrected chi connectivity index (χ3v) is 4.14. The quantitative estimate of drug-likeness (QED) is 0.895. The van der Waals surface area contributed by atoms with Gasteiger partial charge in [0, 0.05) is 40.9 Å². The second-order valence-corrected chi connectivity index (χ2v) is 5.63. The van der Waals surface area contributed by atoms with E-state index in [-0.39, 0.29) is 6.04 Å². The Balaban J connectivity index is 2.25. The summed E-state index contributed by atoms with van der Waals surface area (Å²) in [6.45, 7) is 3.06. The second kappa shape index (κ2) is 6.55. The van der Waals surface area contributed by atoms with Crippen LogP contribution >= 0.6 is 27.5 Å². The highest BCUT2D eigenvalue weighted by Crippen LogP contribution is 2.28. The van der Waals surface area contributed by atoms with Crippen molar-refractivity contribution in [1.82, 2.24) is 14.9 Å². The Labute approximate surface area is 127 Å². The Kier molecular flexibility index (Phi) is 5.02. The van der Waals surface area contributed by atoms with Crippen molar-refractivity contribution >= 4 is 27.5 Å². The number of imidazole rings is 1. The van der Waals surface area contributed by atoms with Gasteiger partial charge < -0.3 is 9.88 Å². The zero-order valence-corrected chi connectivity index (χ0v) is 13.4. The van der Waals surface area contributed by atoms with Gasteiger partial charge >= 0.3 is 0 Å². The summed E-state index contributed by atoms with van der Waals surface area (Å²) in [5.41, 5.74) is 1.19. The summed E-state index contributed by atoms with van der Waals surface area (Å²) >= 11 is 9.56. The molecule has 1 N–H and O–H groups in total. The molecule has 0 saturated heterocycles. The van der Waals surface area contributed by atoms with E-state index in [0.717, 1.165) is 28.3 Å². The molecule has 0 aliphatic heterocycles. The highest BCUT2D eigenvalue weighted by atomic mass is 79.9. The Hall–Kier alpha value is -0.840. The molecule has 2 aromatic rings. The topological polar surface area (TPSA) is 29.9 Å². The molecular formula is C14H17BrClN3. The van der Waals surface area contributed by atoms with Gasteiger partial charge in [0.2, 0.25) is 0 Å². The second-order valence-electron chi connectivity index (χ2n) is 4.34. The van der Waals surface area contributed by atoms with E-state index >= 15 is 0 Å². The van der Waals surface area contributed by atoms with E-state index in [1.165, 1.54) is 5.56 Å². The van der Waals surface area contributed by atoms with E-state index in [1.54, 1.807) is 0 Å². The highest BCUT2D eigenvalue weighted by Gasteiger charge is 2.16. The molecule has 1 heterocycles. The van der Waals surface area contributed by atoms with Crippen molar-refractivity contribution in [3.8, 4) is 0 Å². The van der Waals surface area contributed by atoms with Crippen LogP contribution in [0.2, 0.25) is 5.02 Å². The lowest BCUT2D eigenvalue weighted by atomic mass is 10.0. The lowest BCUT2D eigenvalue weighted by Crippen LogP contribution is -2.21. The van der Waals surface area contributed by atoms with Gasteiger partial charge in [0.25, 0.3) is 0 Å². The molecule has 2 rings (SSSR count). The summed E-state index contributed by atoms with van der Waals surface area (Å²) in [4.78, 5) is 4.43. The summed E-state index contributed by atoms with van der Waals surface area (Å²) < 4.78 is 3.18. The normalized spacial score (nSPS) is 12.6. The fourth-order valence-corrected chi connectivity index (χ4v) is 3.11. The van der Waals surface area contributed by atoms with Gasteiger partial charge in [0.15, 0.2) is 0 Å². The van der Waals surface area contributed by atoms with Crippen molar-refractivity contribution in [2.75, 3.05) is 7.05 Å². The molecule has 0 aliphatic carbocycles. The van der Waals surface area contributed by atoms with Crippen LogP contribution in [-0.2, 0) is 13.0 Å². The minimum atomic E-state index is 0.208. The van der Waals surface area contributed by atoms with Crippen molar-refractivity contribution in [3.05, 3.63) is 51.5 Å². The van der Waals surface area contributed by atoms with Crippen LogP contribution in [0.25, 0.3) is 0 Å². The third kappa shape index (κ3) is 3.38. The maximum Gasteiger partial charge on any atom is 0.110 e. The molecule has 0 aliphatic rings. The number of nitrogens with one attached hydrogen (secondary N) is 1. The maximum atomic E-state index is 5.99. The van der Waals surface area contributed by atoms with Crippen LogP contribution in [-0.4, -0.2) is 16.6 Å². The van der Waals surface area contributed by atoms with E-state index in [1.807, 2.05) is 37.6 Å². The Morgan fingerprint density at radius 2 is 2.26 bits per heavy atom. The maximum absolute atomic E-state index is 5.99. The zero-order chi connectivity index (χ0) is 13.8. The van der Waals surface area contributed by atoms with Gasteiger partial charge in [-0.2, -0.15) is 0 Å². The fourth-order valence-electron chi connectivity index (χ4n) is 2.15. The monoisotopic (exact) mass is 341 g/mol. The molecule has 0 amide bonds. The van der Waals surface area contributed by atoms with Crippen LogP contribution in [0.4, 0.5) is 0 Å². The SMILES string of the molecule is CCn1ccnc1CC(NC)c1ccc(Cl)cc1Br. The molecule has 1 unspecified atom stereocenters. The first-order valence-electron chi connectivity index (χ1n) is 6.28. The largest absolute Gasteiger partial charge is 0.335 e. The van der Waals surface area contributed by atoms with Crippen LogP contribution in [0.5, 0.6) is 0 Å². The minimum Gasteiger partial charge on any atom is -0.335 e. The van der Waals surface area contributed by atoms with Gasteiger partial charge in [-0.3, -0.25) is 0 Å². The Morgan fingerprint density at radius 1 is 1.47 bits per heavy atom. The molecule has 0 fully saturated rings. The number of hydrogen-bond acceptors (Lipinski definition) is 2. The summed E-state index contributed by atoms with van der Waals surface area (Å²) in [7, 11) is 1.96. The highest BCUT2D eigenvalue weighted by molar-refractivity contribution is 9.10. The van der Waals surface area contributed by atoms with Crippen LogP contribution in [0.1, 0.15) is 24.4 Å². The fraction of sp³-hybridized carbons (Fsp3) is 0.357. The summed E-state index contributed by atoms with van der Waals surface area (Å²) in [5, 5.41) is 4.08. The van der Waals surface area contributed by atoms with Gasteiger partial charge in [-0.1, -0.05) is 33.6 Å². The Bertz CT molecular complexity index is 553. The minimum absolute atomic E-state index is 0.208. The van der Waals surface area contributed by atoms with Crippen LogP contribution < -0.4 is 5.32 Å². The number of halogens is 2. The standard InChI is InChI=1S/C14H17BrClN3/c1-3-19-7-6-18-14(19)9-13(17-2)11-5-4-10(16)8-12(11)15/h4-8,13,17H,3,9H2,1-2H3. The van der Waals surface area contributed by atoms with Crippen molar-refractivity contribution in [3.63, 3.8) is 0 Å². The Morgan fingerprint density at radius 3 is 2.89 bits per heavy atom. The number of hydrogen-bond donors (Lipinski definition) is 1. The lowest BCUT2D eigenvalue weighted by molar-refractivity contribution is 0.551. The van der Waals surface area contributed by atoms with Gasteiger partial charge in [-0.05, 0) is 31.7 Å². The van der Waals surface area contributed by atoms with E-state index < -0.39 is 0 Å². The summed E-state index contributed by atoms with van der Waals surface area (Å²) in [6, 6.07) is 6.10. The first-order chi connectivity index (χ1) is 9.15. The molecular weight excluding hydrogens is 326 g/mol. The number of nitrogens with zero attached hydrogens (tertiary/aromatic N) is 2. The predicted octanol–water partition coefficient (Wildman–Crippen LogP) is 3.82. The molecule has 1 atom stereocenters. The van der Waals surface area contributed by atoms with Crippen molar-refractivity contribution in [1.29, 1.82) is 0 Å². The molecule has 3 nitrogen and oxygen atoms in total. The smallest absolute Gasteiger partial charge is 0.110 e. The molecule has 0 radical (unpaired) electrons. The molecule has 0 saturated carbocycles. The van der Waals surface area contributed by atoms with Crippen molar-refractivity contribution in [2.24, 2.45) is 0 Å². The summed E-state index contributed by atoms with van der Waals surface area (Å²) in [5.74, 6) is 1.09. The average Bonchev–Trinajstić information content (AvgIpc) is 2.84. The van der Waals surface area contributed by atoms with Crippen LogP contribution in [0, 0.1) is 0 Å². The molecule has 0 spiro atoms. The van der Waals surface area contributed by atoms with Crippen molar-refractivity contribution < 1.29 is 0 Å². The number of likely N-dealkylation sites (N-methyl/N-ethyl adjacent to an activating group) is 1. The molecule has 5 heteroatoms. The summed E-state index contributed by atoms with van der Waals surface area (Å²) in [6.07, 6.45) is 4.71. The first kappa shape index (κ1) is 14.6. The van der Waals surface area contributed by atoms with Crippen LogP contribution in [0.3, 0.4) is 0 Å². The van der Waals surface area contributed by atoms with Crippen LogP contribution in [0.15, 0.2) is 35.1 Å². The molecule has 1 aromatic heterocycles. The number of rotatable bonds is 5. The molecule has 1 aromatic carbocycles. The zero-order valence-electron chi connectivity index (χ0n) is 11.0. The number of benzene rings is 1. The number of aryl methyl sites for hydroxylation is 1. The van der Waals surface area contributed by atoms with Gasteiger partial charge in [0.1, 0.15) is 5.82 Å². The lowest BCUT2D eigenvalue weighted by Gasteiger charge is -2.18. The van der Waals surface area contributed by atoms with E-state index in [0.29, 0.717) is 0 Å². The van der Waals surface area contributed by atoms with Gasteiger partial charge in [0.05, 0.1) is 0 Å². The predicted molar refractivity (Wildman–Crippen MR) is 82.6 cm³/mol. The third-order valence-electron chi connectivity index (χ3n) is 3.22. The van der Waals surface area contributed by atoms with Crippen molar-refractivity contribution in [2.45, 2.75) is 25.9 Å². The van der Waals surface area contributed by atoms with E-state index in [2.05, 4.69) is 37.7 Å². The molecule has 0 bridgehead atoms. The molecule has 102 valence electrons. The van der Waals surface area contributed by atoms with E-state index in [4.69, 9.17) is 11.6 Å². The van der Waals surface area contributed by atoms with Gasteiger partial charge in [-0.15, -0.1) is 0 Å². The number of aromatic nitrogens is 2. The van der Waals surface area contributed by atoms with E-state index in [9.17, 15) is 0 Å². The average molecular weight is 343 g/mol. The first-order valence-corrected chi connectivity index (χ1v) is 7.45. The van der Waals surface area contributed by atoms with Gasteiger partial charge in [-0.25, -0.2) is 4.98 Å².